The number of benzene rings is 4. The number of nitrogens with zero attached hydrogens (tertiary/aromatic N) is 1. The fourth-order valence-electron chi connectivity index (χ4n) is 4.71. The van der Waals surface area contributed by atoms with E-state index in [9.17, 15) is 0 Å². The molecule has 0 amide bonds. The van der Waals surface area contributed by atoms with Crippen LogP contribution in [0.15, 0.2) is 126 Å². The summed E-state index contributed by atoms with van der Waals surface area (Å²) in [6.07, 6.45) is 0. The van der Waals surface area contributed by atoms with Crippen molar-refractivity contribution >= 4 is 52.1 Å². The summed E-state index contributed by atoms with van der Waals surface area (Å²) in [6, 6.07) is 39.8. The number of morpholine rings is 1. The molecule has 5 heteroatoms. The van der Waals surface area contributed by atoms with Gasteiger partial charge in [-0.05, 0) is 28.3 Å². The summed E-state index contributed by atoms with van der Waals surface area (Å²) < 4.78 is 8.11. The molecule has 1 heterocycles. The summed E-state index contributed by atoms with van der Waals surface area (Å²) in [4.78, 5) is 0.935. The van der Waals surface area contributed by atoms with Crippen LogP contribution >= 0.6 is 18.7 Å². The molecule has 1 saturated heterocycles. The second kappa shape index (κ2) is 11.5. The first-order chi connectivity index (χ1) is 17.7. The highest BCUT2D eigenvalue weighted by molar-refractivity contribution is 8.27. The maximum absolute atomic E-state index is 6.83. The van der Waals surface area contributed by atoms with Crippen molar-refractivity contribution in [3.8, 4) is 0 Å². The Hall–Kier alpha value is -2.75. The minimum absolute atomic E-state index is 0.698. The molecule has 1 aliphatic heterocycles. The van der Waals surface area contributed by atoms with Crippen LogP contribution in [0.1, 0.15) is 11.1 Å². The summed E-state index contributed by atoms with van der Waals surface area (Å²) in [5.74, 6) is 0. The molecule has 0 unspecified atom stereocenters. The number of ether oxygens (including phenoxy) is 1. The van der Waals surface area contributed by atoms with E-state index in [1.165, 1.54) is 0 Å². The molecule has 0 bridgehead atoms. The molecule has 5 rings (SSSR count). The van der Waals surface area contributed by atoms with Crippen molar-refractivity contribution < 1.29 is 9.31 Å². The van der Waals surface area contributed by atoms with Crippen LogP contribution in [0.2, 0.25) is 0 Å². The third-order valence-corrected chi connectivity index (χ3v) is 12.0. The average Bonchev–Trinajstić information content (AvgIpc) is 2.96. The van der Waals surface area contributed by atoms with Crippen LogP contribution in [0, 0.1) is 0 Å². The van der Waals surface area contributed by atoms with Crippen LogP contribution in [-0.2, 0) is 16.5 Å². The van der Waals surface area contributed by atoms with Crippen molar-refractivity contribution in [1.82, 2.24) is 0 Å². The van der Waals surface area contributed by atoms with Gasteiger partial charge in [-0.2, -0.15) is 0 Å². The molecule has 0 saturated carbocycles. The van der Waals surface area contributed by atoms with Gasteiger partial charge >= 0.3 is 0 Å². The first kappa shape index (κ1) is 24.9. The Morgan fingerprint density at radius 1 is 0.639 bits per heavy atom. The highest BCUT2D eigenvalue weighted by Gasteiger charge is 2.34. The van der Waals surface area contributed by atoms with E-state index >= 15 is 0 Å². The quantitative estimate of drug-likeness (QED) is 0.189. The number of hydrogen-bond acceptors (Lipinski definition) is 3. The van der Waals surface area contributed by atoms with Crippen molar-refractivity contribution in [2.75, 3.05) is 26.3 Å². The van der Waals surface area contributed by atoms with Crippen LogP contribution in [0.5, 0.6) is 0 Å². The van der Waals surface area contributed by atoms with Gasteiger partial charge in [0.2, 0.25) is 5.71 Å². The van der Waals surface area contributed by atoms with E-state index in [0.29, 0.717) is 13.2 Å². The number of rotatable bonds is 6. The zero-order valence-electron chi connectivity index (χ0n) is 20.0. The Balaban J connectivity index is 1.89. The van der Waals surface area contributed by atoms with Gasteiger partial charge in [-0.15, -0.1) is 12.6 Å². The van der Waals surface area contributed by atoms with Gasteiger partial charge in [-0.1, -0.05) is 121 Å². The standard InChI is InChI=1S/C31H28NOPS2/c35-31(29(25-13-5-1-6-14-25)32-21-23-33-24-22-32)30(26-15-7-2-8-16-26)34(36,27-17-9-3-10-18-27)28-19-11-4-12-20-28/h1-20H,21-24H2/p+1. The van der Waals surface area contributed by atoms with Gasteiger partial charge in [-0.25, -0.2) is 4.58 Å². The molecule has 0 radical (unpaired) electrons. The third kappa shape index (κ3) is 5.05. The molecular formula is C31H29NOPS2+. The van der Waals surface area contributed by atoms with E-state index in [1.807, 2.05) is 0 Å². The maximum Gasteiger partial charge on any atom is 0.221 e. The van der Waals surface area contributed by atoms with Crippen molar-refractivity contribution in [2.45, 2.75) is 0 Å². The molecule has 0 aromatic heterocycles. The lowest BCUT2D eigenvalue weighted by molar-refractivity contribution is -0.548. The van der Waals surface area contributed by atoms with E-state index in [0.717, 1.165) is 50.8 Å². The predicted octanol–water partition coefficient (Wildman–Crippen LogP) is 5.95. The normalized spacial score (nSPS) is 14.8. The fourth-order valence-corrected chi connectivity index (χ4v) is 10.00. The SMILES string of the molecule is S=P(C(=C(S)C(c1ccccc1)=[N+]1CCOCC1)c1ccccc1)(c1ccccc1)c1ccccc1. The molecule has 1 fully saturated rings. The Bertz CT molecular complexity index is 1370. The summed E-state index contributed by atoms with van der Waals surface area (Å²) in [5, 5.41) is 3.43. The highest BCUT2D eigenvalue weighted by atomic mass is 32.4. The molecular weight excluding hydrogens is 497 g/mol. The molecule has 1 aliphatic rings. The Kier molecular flexibility index (Phi) is 7.99. The zero-order valence-corrected chi connectivity index (χ0v) is 22.6. The fraction of sp³-hybridized carbons (Fsp3) is 0.129. The van der Waals surface area contributed by atoms with Crippen molar-refractivity contribution in [3.05, 3.63) is 137 Å². The van der Waals surface area contributed by atoms with Gasteiger partial charge in [0.05, 0.1) is 4.91 Å². The van der Waals surface area contributed by atoms with E-state index in [2.05, 4.69) is 126 Å². The maximum atomic E-state index is 6.83. The van der Waals surface area contributed by atoms with E-state index in [1.54, 1.807) is 0 Å². The molecule has 180 valence electrons. The van der Waals surface area contributed by atoms with E-state index in [4.69, 9.17) is 29.2 Å². The average molecular weight is 527 g/mol. The molecule has 2 nitrogen and oxygen atoms in total. The minimum atomic E-state index is -2.48. The molecule has 0 atom stereocenters. The predicted molar refractivity (Wildman–Crippen MR) is 160 cm³/mol. The van der Waals surface area contributed by atoms with E-state index < -0.39 is 6.04 Å². The monoisotopic (exact) mass is 526 g/mol. The van der Waals surface area contributed by atoms with Crippen molar-refractivity contribution in [1.29, 1.82) is 0 Å². The number of allylic oxidation sites excluding steroid dienone is 1. The first-order valence-electron chi connectivity index (χ1n) is 12.2. The Morgan fingerprint density at radius 3 is 1.53 bits per heavy atom. The molecule has 4 aromatic rings. The number of thiol groups is 1. The van der Waals surface area contributed by atoms with Gasteiger partial charge in [0.1, 0.15) is 13.2 Å². The Labute approximate surface area is 224 Å². The van der Waals surface area contributed by atoms with Gasteiger partial charge in [0.15, 0.2) is 13.1 Å². The molecule has 0 aliphatic carbocycles. The van der Waals surface area contributed by atoms with E-state index in [-0.39, 0.29) is 0 Å². The van der Waals surface area contributed by atoms with Gasteiger partial charge < -0.3 is 4.74 Å². The third-order valence-electron chi connectivity index (χ3n) is 6.42. The lowest BCUT2D eigenvalue weighted by Crippen LogP contribution is -2.34. The largest absolute Gasteiger partial charge is 0.368 e. The number of hydrogen-bond donors (Lipinski definition) is 1. The smallest absolute Gasteiger partial charge is 0.221 e. The van der Waals surface area contributed by atoms with Crippen molar-refractivity contribution in [2.24, 2.45) is 0 Å². The van der Waals surface area contributed by atoms with Crippen LogP contribution < -0.4 is 10.6 Å². The summed E-state index contributed by atoms with van der Waals surface area (Å²) >= 11 is 12.2. The minimum Gasteiger partial charge on any atom is -0.368 e. The molecule has 0 N–H and O–H groups in total. The summed E-state index contributed by atoms with van der Waals surface area (Å²) in [5.41, 5.74) is 3.36. The second-order valence-electron chi connectivity index (χ2n) is 8.66. The van der Waals surface area contributed by atoms with Crippen LogP contribution in [0.25, 0.3) is 5.31 Å². The molecule has 36 heavy (non-hydrogen) atoms. The van der Waals surface area contributed by atoms with Crippen LogP contribution in [0.4, 0.5) is 0 Å². The van der Waals surface area contributed by atoms with Crippen LogP contribution in [0.3, 0.4) is 0 Å². The summed E-state index contributed by atoms with van der Waals surface area (Å²) in [7, 11) is 0. The first-order valence-corrected chi connectivity index (χ1v) is 15.4. The van der Waals surface area contributed by atoms with Crippen molar-refractivity contribution in [3.63, 3.8) is 0 Å². The topological polar surface area (TPSA) is 12.2 Å². The lowest BCUT2D eigenvalue weighted by atomic mass is 10.1. The van der Waals surface area contributed by atoms with Gasteiger partial charge in [0, 0.05) is 16.9 Å². The second-order valence-corrected chi connectivity index (χ2v) is 13.4. The molecule has 4 aromatic carbocycles. The van der Waals surface area contributed by atoms with Crippen LogP contribution in [-0.4, -0.2) is 36.6 Å². The Morgan fingerprint density at radius 2 is 1.06 bits per heavy atom. The van der Waals surface area contributed by atoms with Gasteiger partial charge in [-0.3, -0.25) is 0 Å². The summed E-state index contributed by atoms with van der Waals surface area (Å²) in [6.45, 7) is 3.03. The lowest BCUT2D eigenvalue weighted by Gasteiger charge is -2.29. The zero-order chi connectivity index (χ0) is 24.8. The molecule has 0 spiro atoms. The van der Waals surface area contributed by atoms with Gasteiger partial charge in [0.25, 0.3) is 0 Å². The highest BCUT2D eigenvalue weighted by Crippen LogP contribution is 2.59.